The van der Waals surface area contributed by atoms with Crippen LogP contribution in [0.15, 0.2) is 12.1 Å². The summed E-state index contributed by atoms with van der Waals surface area (Å²) in [6.07, 6.45) is -4.53. The number of aliphatic hydroxyl groups excluding tert-OH is 1. The fraction of sp³-hybridized carbons (Fsp3) is 0.250. The zero-order valence-corrected chi connectivity index (χ0v) is 7.65. The predicted molar refractivity (Wildman–Crippen MR) is 46.8 cm³/mol. The lowest BCUT2D eigenvalue weighted by atomic mass is 10.1. The number of hydrogen-bond donors (Lipinski definition) is 2. The molecule has 78 valence electrons. The second-order valence-corrected chi connectivity index (χ2v) is 3.03. The molecule has 1 rings (SSSR count). The third-order valence-electron chi connectivity index (χ3n) is 1.74. The lowest BCUT2D eigenvalue weighted by molar-refractivity contribution is -0.136. The van der Waals surface area contributed by atoms with Crippen molar-refractivity contribution < 1.29 is 18.3 Å². The summed E-state index contributed by atoms with van der Waals surface area (Å²) in [6, 6.07) is 1.90. The first kappa shape index (κ1) is 11.1. The van der Waals surface area contributed by atoms with Gasteiger partial charge in [-0.15, -0.1) is 0 Å². The molecule has 0 atom stereocenters. The Balaban J connectivity index is 3.31. The van der Waals surface area contributed by atoms with Crippen LogP contribution < -0.4 is 5.73 Å². The van der Waals surface area contributed by atoms with E-state index in [-0.39, 0.29) is 10.6 Å². The molecule has 0 aliphatic carbocycles. The van der Waals surface area contributed by atoms with E-state index in [4.69, 9.17) is 22.4 Å². The number of nitrogen functional groups attached to an aromatic ring is 1. The lowest BCUT2D eigenvalue weighted by Gasteiger charge is -2.12. The molecule has 0 heterocycles. The van der Waals surface area contributed by atoms with E-state index >= 15 is 0 Å². The third-order valence-corrected chi connectivity index (χ3v) is 2.18. The van der Waals surface area contributed by atoms with Crippen LogP contribution in [-0.2, 0) is 12.8 Å². The molecule has 0 fully saturated rings. The number of aliphatic hydroxyl groups is 1. The SMILES string of the molecule is Nc1c(C(F)(F)F)ccc(CO)c1Cl. The van der Waals surface area contributed by atoms with Gasteiger partial charge in [-0.1, -0.05) is 17.7 Å². The normalized spacial score (nSPS) is 11.8. The molecule has 0 unspecified atom stereocenters. The number of rotatable bonds is 1. The number of benzene rings is 1. The van der Waals surface area contributed by atoms with Gasteiger partial charge in [-0.25, -0.2) is 0 Å². The van der Waals surface area contributed by atoms with Crippen molar-refractivity contribution in [1.82, 2.24) is 0 Å². The summed E-state index contributed by atoms with van der Waals surface area (Å²) in [5.74, 6) is 0. The summed E-state index contributed by atoms with van der Waals surface area (Å²) >= 11 is 5.52. The van der Waals surface area contributed by atoms with Crippen molar-refractivity contribution in [2.24, 2.45) is 0 Å². The molecule has 3 N–H and O–H groups in total. The molecule has 0 saturated heterocycles. The number of hydrogen-bond acceptors (Lipinski definition) is 2. The first-order chi connectivity index (χ1) is 6.38. The van der Waals surface area contributed by atoms with Crippen LogP contribution in [0, 0.1) is 0 Å². The van der Waals surface area contributed by atoms with Crippen molar-refractivity contribution in [1.29, 1.82) is 0 Å². The number of nitrogens with two attached hydrogens (primary N) is 1. The average molecular weight is 226 g/mol. The Hall–Kier alpha value is -0.940. The first-order valence-corrected chi connectivity index (χ1v) is 4.00. The minimum atomic E-state index is -4.53. The fourth-order valence-electron chi connectivity index (χ4n) is 1.01. The van der Waals surface area contributed by atoms with Gasteiger partial charge in [-0.05, 0) is 11.6 Å². The molecule has 0 amide bonds. The molecule has 14 heavy (non-hydrogen) atoms. The maximum Gasteiger partial charge on any atom is 0.418 e. The van der Waals surface area contributed by atoms with E-state index in [9.17, 15) is 13.2 Å². The Morgan fingerprint density at radius 2 is 1.93 bits per heavy atom. The highest BCUT2D eigenvalue weighted by Gasteiger charge is 2.33. The Labute approximate surface area is 83.1 Å². The second kappa shape index (κ2) is 3.67. The summed E-state index contributed by atoms with van der Waals surface area (Å²) in [4.78, 5) is 0. The van der Waals surface area contributed by atoms with Crippen LogP contribution in [0.2, 0.25) is 5.02 Å². The van der Waals surface area contributed by atoms with E-state index < -0.39 is 24.0 Å². The van der Waals surface area contributed by atoms with Gasteiger partial charge in [0.2, 0.25) is 0 Å². The van der Waals surface area contributed by atoms with E-state index in [2.05, 4.69) is 0 Å². The van der Waals surface area contributed by atoms with Gasteiger partial charge in [-0.2, -0.15) is 13.2 Å². The van der Waals surface area contributed by atoms with Gasteiger partial charge < -0.3 is 10.8 Å². The quantitative estimate of drug-likeness (QED) is 0.721. The van der Waals surface area contributed by atoms with E-state index in [1.165, 1.54) is 0 Å². The van der Waals surface area contributed by atoms with Gasteiger partial charge in [0.15, 0.2) is 0 Å². The maximum atomic E-state index is 12.3. The van der Waals surface area contributed by atoms with Crippen molar-refractivity contribution in [2.75, 3.05) is 5.73 Å². The van der Waals surface area contributed by atoms with Gasteiger partial charge in [0.25, 0.3) is 0 Å². The molecule has 0 aliphatic heterocycles. The van der Waals surface area contributed by atoms with Crippen LogP contribution in [0.3, 0.4) is 0 Å². The van der Waals surface area contributed by atoms with Crippen molar-refractivity contribution in [3.05, 3.63) is 28.3 Å². The highest BCUT2D eigenvalue weighted by Crippen LogP contribution is 2.38. The van der Waals surface area contributed by atoms with Crippen LogP contribution in [0.5, 0.6) is 0 Å². The highest BCUT2D eigenvalue weighted by atomic mass is 35.5. The van der Waals surface area contributed by atoms with E-state index in [0.29, 0.717) is 0 Å². The van der Waals surface area contributed by atoms with E-state index in [0.717, 1.165) is 12.1 Å². The van der Waals surface area contributed by atoms with Crippen molar-refractivity contribution in [2.45, 2.75) is 12.8 Å². The van der Waals surface area contributed by atoms with Crippen molar-refractivity contribution in [3.8, 4) is 0 Å². The molecule has 0 radical (unpaired) electrons. The molecular weight excluding hydrogens is 219 g/mol. The van der Waals surface area contributed by atoms with Gasteiger partial charge in [0.1, 0.15) is 0 Å². The smallest absolute Gasteiger partial charge is 0.397 e. The zero-order chi connectivity index (χ0) is 10.9. The standard InChI is InChI=1S/C8H7ClF3NO/c9-6-4(3-14)1-2-5(7(6)13)8(10,11)12/h1-2,14H,3,13H2. The Morgan fingerprint density at radius 3 is 2.36 bits per heavy atom. The average Bonchev–Trinajstić information content (AvgIpc) is 2.07. The highest BCUT2D eigenvalue weighted by molar-refractivity contribution is 6.34. The molecular formula is C8H7ClF3NO. The minimum Gasteiger partial charge on any atom is -0.397 e. The molecule has 6 heteroatoms. The van der Waals surface area contributed by atoms with Crippen LogP contribution in [-0.4, -0.2) is 5.11 Å². The van der Waals surface area contributed by atoms with Crippen molar-refractivity contribution in [3.63, 3.8) is 0 Å². The first-order valence-electron chi connectivity index (χ1n) is 3.63. The van der Waals surface area contributed by atoms with Crippen molar-refractivity contribution >= 4 is 17.3 Å². The monoisotopic (exact) mass is 225 g/mol. The minimum absolute atomic E-state index is 0.178. The fourth-order valence-corrected chi connectivity index (χ4v) is 1.23. The Morgan fingerprint density at radius 1 is 1.36 bits per heavy atom. The zero-order valence-electron chi connectivity index (χ0n) is 6.90. The van der Waals surface area contributed by atoms with E-state index in [1.54, 1.807) is 0 Å². The van der Waals surface area contributed by atoms with Crippen LogP contribution in [0.4, 0.5) is 18.9 Å². The largest absolute Gasteiger partial charge is 0.418 e. The van der Waals surface area contributed by atoms with Crippen LogP contribution in [0.1, 0.15) is 11.1 Å². The molecule has 0 aromatic heterocycles. The Kier molecular flexibility index (Phi) is 2.92. The summed E-state index contributed by atoms with van der Waals surface area (Å²) in [6.45, 7) is -0.443. The van der Waals surface area contributed by atoms with Gasteiger partial charge >= 0.3 is 6.18 Å². The predicted octanol–water partition coefficient (Wildman–Crippen LogP) is 2.43. The molecule has 0 saturated carbocycles. The molecule has 1 aromatic carbocycles. The molecule has 0 aliphatic rings. The molecule has 1 aromatic rings. The maximum absolute atomic E-state index is 12.3. The van der Waals surface area contributed by atoms with Gasteiger partial charge in [0.05, 0.1) is 22.9 Å². The van der Waals surface area contributed by atoms with E-state index in [1.807, 2.05) is 0 Å². The number of halogens is 4. The third kappa shape index (κ3) is 1.93. The summed E-state index contributed by atoms with van der Waals surface area (Å²) in [5, 5.41) is 8.47. The molecule has 2 nitrogen and oxygen atoms in total. The van der Waals surface area contributed by atoms with Crippen LogP contribution in [0.25, 0.3) is 0 Å². The van der Waals surface area contributed by atoms with Gasteiger partial charge in [0, 0.05) is 0 Å². The summed E-state index contributed by atoms with van der Waals surface area (Å²) in [5.41, 5.74) is 3.82. The second-order valence-electron chi connectivity index (χ2n) is 2.66. The van der Waals surface area contributed by atoms with Crippen LogP contribution >= 0.6 is 11.6 Å². The molecule has 0 spiro atoms. The molecule has 0 bridgehead atoms. The Bertz CT molecular complexity index is 351. The number of alkyl halides is 3. The summed E-state index contributed by atoms with van der Waals surface area (Å²) < 4.78 is 36.8. The topological polar surface area (TPSA) is 46.2 Å². The van der Waals surface area contributed by atoms with Gasteiger partial charge in [-0.3, -0.25) is 0 Å². The lowest BCUT2D eigenvalue weighted by Crippen LogP contribution is -2.10. The summed E-state index contributed by atoms with van der Waals surface area (Å²) in [7, 11) is 0. The number of anilines is 1.